The van der Waals surface area contributed by atoms with Crippen LogP contribution >= 0.6 is 0 Å². The molecule has 0 aliphatic carbocycles. The van der Waals surface area contributed by atoms with Crippen molar-refractivity contribution in [2.75, 3.05) is 20.1 Å². The zero-order chi connectivity index (χ0) is 11.5. The molecule has 1 fully saturated rings. The molecular weight excluding hydrogens is 198 g/mol. The van der Waals surface area contributed by atoms with Crippen LogP contribution in [0.3, 0.4) is 0 Å². The Hall–Kier alpha value is -1.02. The van der Waals surface area contributed by atoms with Gasteiger partial charge in [-0.1, -0.05) is 18.2 Å². The van der Waals surface area contributed by atoms with Crippen LogP contribution in [0.25, 0.3) is 0 Å². The van der Waals surface area contributed by atoms with E-state index in [2.05, 4.69) is 44.0 Å². The van der Waals surface area contributed by atoms with Gasteiger partial charge in [0.15, 0.2) is 0 Å². The molecule has 0 N–H and O–H groups in total. The number of para-hydroxylation sites is 1. The van der Waals surface area contributed by atoms with E-state index in [4.69, 9.17) is 4.74 Å². The van der Waals surface area contributed by atoms with Gasteiger partial charge in [0.1, 0.15) is 11.9 Å². The molecule has 1 heterocycles. The summed E-state index contributed by atoms with van der Waals surface area (Å²) in [6.45, 7) is 6.49. The lowest BCUT2D eigenvalue weighted by atomic mass is 10.1. The first kappa shape index (κ1) is 11.5. The maximum Gasteiger partial charge on any atom is 0.125 e. The third-order valence-electron chi connectivity index (χ3n) is 3.27. The Morgan fingerprint density at radius 1 is 1.25 bits per heavy atom. The second-order valence-corrected chi connectivity index (χ2v) is 4.87. The first-order chi connectivity index (χ1) is 7.66. The van der Waals surface area contributed by atoms with Crippen LogP contribution in [-0.4, -0.2) is 31.1 Å². The van der Waals surface area contributed by atoms with Crippen molar-refractivity contribution in [1.82, 2.24) is 4.90 Å². The van der Waals surface area contributed by atoms with Crippen molar-refractivity contribution >= 4 is 0 Å². The van der Waals surface area contributed by atoms with Crippen LogP contribution < -0.4 is 4.74 Å². The monoisotopic (exact) mass is 219 g/mol. The number of benzene rings is 1. The Kier molecular flexibility index (Phi) is 3.49. The third-order valence-corrected chi connectivity index (χ3v) is 3.27. The Bertz CT molecular complexity index is 342. The van der Waals surface area contributed by atoms with E-state index in [9.17, 15) is 0 Å². The van der Waals surface area contributed by atoms with E-state index in [0.717, 1.165) is 12.3 Å². The van der Waals surface area contributed by atoms with Crippen molar-refractivity contribution in [1.29, 1.82) is 0 Å². The summed E-state index contributed by atoms with van der Waals surface area (Å²) in [6, 6.07) is 6.33. The molecule has 1 aliphatic rings. The van der Waals surface area contributed by atoms with Gasteiger partial charge in [-0.25, -0.2) is 0 Å². The molecule has 1 aliphatic heterocycles. The summed E-state index contributed by atoms with van der Waals surface area (Å²) in [5.41, 5.74) is 2.49. The fourth-order valence-corrected chi connectivity index (χ4v) is 2.37. The Balaban J connectivity index is 2.08. The van der Waals surface area contributed by atoms with Crippen LogP contribution in [0.5, 0.6) is 5.75 Å². The van der Waals surface area contributed by atoms with Crippen molar-refractivity contribution in [2.45, 2.75) is 32.8 Å². The average molecular weight is 219 g/mol. The molecule has 0 spiro atoms. The smallest absolute Gasteiger partial charge is 0.125 e. The van der Waals surface area contributed by atoms with Gasteiger partial charge in [0.2, 0.25) is 0 Å². The van der Waals surface area contributed by atoms with Crippen LogP contribution in [0.1, 0.15) is 24.0 Å². The molecule has 2 nitrogen and oxygen atoms in total. The normalized spacial score (nSPS) is 22.1. The number of nitrogens with zero attached hydrogens (tertiary/aromatic N) is 1. The Morgan fingerprint density at radius 2 is 1.94 bits per heavy atom. The van der Waals surface area contributed by atoms with E-state index in [1.165, 1.54) is 30.5 Å². The summed E-state index contributed by atoms with van der Waals surface area (Å²) in [7, 11) is 2.17. The van der Waals surface area contributed by atoms with Gasteiger partial charge in [0, 0.05) is 6.54 Å². The molecule has 88 valence electrons. The maximum atomic E-state index is 6.15. The highest BCUT2D eigenvalue weighted by molar-refractivity contribution is 5.39. The summed E-state index contributed by atoms with van der Waals surface area (Å²) in [4.78, 5) is 2.35. The van der Waals surface area contributed by atoms with E-state index >= 15 is 0 Å². The standard InChI is InChI=1S/C14H21NO/c1-11-6-4-7-12(2)14(11)16-13-8-5-9-15(3)10-13/h4,6-7,13H,5,8-10H2,1-3H3/t13-/m0/s1. The highest BCUT2D eigenvalue weighted by atomic mass is 16.5. The lowest BCUT2D eigenvalue weighted by Crippen LogP contribution is -2.38. The molecule has 2 heteroatoms. The molecule has 1 aromatic carbocycles. The minimum Gasteiger partial charge on any atom is -0.489 e. The fraction of sp³-hybridized carbons (Fsp3) is 0.571. The fourth-order valence-electron chi connectivity index (χ4n) is 2.37. The van der Waals surface area contributed by atoms with Crippen LogP contribution in [0.15, 0.2) is 18.2 Å². The molecule has 0 unspecified atom stereocenters. The Labute approximate surface area is 98.2 Å². The third kappa shape index (κ3) is 2.56. The molecule has 0 radical (unpaired) electrons. The first-order valence-corrected chi connectivity index (χ1v) is 6.08. The van der Waals surface area contributed by atoms with Gasteiger partial charge < -0.3 is 9.64 Å². The highest BCUT2D eigenvalue weighted by Gasteiger charge is 2.19. The summed E-state index contributed by atoms with van der Waals surface area (Å²) >= 11 is 0. The molecule has 1 atom stereocenters. The van der Waals surface area contributed by atoms with Gasteiger partial charge in [-0.15, -0.1) is 0 Å². The molecule has 0 aromatic heterocycles. The van der Waals surface area contributed by atoms with E-state index in [-0.39, 0.29) is 0 Å². The van der Waals surface area contributed by atoms with Gasteiger partial charge in [-0.05, 0) is 51.4 Å². The summed E-state index contributed by atoms with van der Waals surface area (Å²) in [5, 5.41) is 0. The maximum absolute atomic E-state index is 6.15. The van der Waals surface area contributed by atoms with Crippen molar-refractivity contribution in [3.8, 4) is 5.75 Å². The molecule has 0 amide bonds. The molecule has 1 aromatic rings. The molecule has 0 saturated carbocycles. The first-order valence-electron chi connectivity index (χ1n) is 6.08. The van der Waals surface area contributed by atoms with Gasteiger partial charge >= 0.3 is 0 Å². The molecule has 0 bridgehead atoms. The van der Waals surface area contributed by atoms with E-state index < -0.39 is 0 Å². The van der Waals surface area contributed by atoms with E-state index in [1.54, 1.807) is 0 Å². The van der Waals surface area contributed by atoms with Gasteiger partial charge in [0.25, 0.3) is 0 Å². The molecular formula is C14H21NO. The number of rotatable bonds is 2. The largest absolute Gasteiger partial charge is 0.489 e. The molecule has 16 heavy (non-hydrogen) atoms. The number of hydrogen-bond acceptors (Lipinski definition) is 2. The van der Waals surface area contributed by atoms with E-state index in [0.29, 0.717) is 6.10 Å². The number of piperidine rings is 1. The van der Waals surface area contributed by atoms with Gasteiger partial charge in [0.05, 0.1) is 0 Å². The lowest BCUT2D eigenvalue weighted by molar-refractivity contribution is 0.103. The average Bonchev–Trinajstić information content (AvgIpc) is 2.24. The van der Waals surface area contributed by atoms with Crippen molar-refractivity contribution < 1.29 is 4.74 Å². The predicted octanol–water partition coefficient (Wildman–Crippen LogP) is 2.78. The van der Waals surface area contributed by atoms with Gasteiger partial charge in [-0.2, -0.15) is 0 Å². The number of hydrogen-bond donors (Lipinski definition) is 0. The van der Waals surface area contributed by atoms with Gasteiger partial charge in [-0.3, -0.25) is 0 Å². The zero-order valence-corrected chi connectivity index (χ0v) is 10.5. The van der Waals surface area contributed by atoms with Crippen molar-refractivity contribution in [3.05, 3.63) is 29.3 Å². The predicted molar refractivity (Wildman–Crippen MR) is 67.1 cm³/mol. The minimum absolute atomic E-state index is 0.360. The number of aryl methyl sites for hydroxylation is 2. The minimum atomic E-state index is 0.360. The SMILES string of the molecule is Cc1cccc(C)c1O[C@H]1CCCN(C)C1. The Morgan fingerprint density at radius 3 is 2.56 bits per heavy atom. The summed E-state index contributed by atoms with van der Waals surface area (Å²) in [6.07, 6.45) is 2.78. The van der Waals surface area contributed by atoms with Crippen LogP contribution in [0.2, 0.25) is 0 Å². The topological polar surface area (TPSA) is 12.5 Å². The van der Waals surface area contributed by atoms with Crippen LogP contribution in [-0.2, 0) is 0 Å². The lowest BCUT2D eigenvalue weighted by Gasteiger charge is -2.30. The second-order valence-electron chi connectivity index (χ2n) is 4.87. The van der Waals surface area contributed by atoms with Crippen LogP contribution in [0.4, 0.5) is 0 Å². The van der Waals surface area contributed by atoms with E-state index in [1.807, 2.05) is 0 Å². The molecule has 1 saturated heterocycles. The highest BCUT2D eigenvalue weighted by Crippen LogP contribution is 2.25. The second kappa shape index (κ2) is 4.88. The summed E-state index contributed by atoms with van der Waals surface area (Å²) in [5.74, 6) is 1.09. The van der Waals surface area contributed by atoms with Crippen molar-refractivity contribution in [3.63, 3.8) is 0 Å². The van der Waals surface area contributed by atoms with Crippen molar-refractivity contribution in [2.24, 2.45) is 0 Å². The number of ether oxygens (including phenoxy) is 1. The van der Waals surface area contributed by atoms with Crippen LogP contribution in [0, 0.1) is 13.8 Å². The number of likely N-dealkylation sites (N-methyl/N-ethyl adjacent to an activating group) is 1. The zero-order valence-electron chi connectivity index (χ0n) is 10.5. The number of likely N-dealkylation sites (tertiary alicyclic amines) is 1. The summed E-state index contributed by atoms with van der Waals surface area (Å²) < 4.78 is 6.15. The quantitative estimate of drug-likeness (QED) is 0.758. The molecule has 2 rings (SSSR count).